The summed E-state index contributed by atoms with van der Waals surface area (Å²) in [5.41, 5.74) is 1.07. The lowest BCUT2D eigenvalue weighted by Crippen LogP contribution is -2.13. The summed E-state index contributed by atoms with van der Waals surface area (Å²) < 4.78 is 9.63. The highest BCUT2D eigenvalue weighted by Gasteiger charge is 2.05. The fraction of sp³-hybridized carbons (Fsp3) is 0.308. The molecule has 0 saturated carbocycles. The predicted octanol–water partition coefficient (Wildman–Crippen LogP) is 3.26. The molecule has 0 aromatic heterocycles. The maximum Gasteiger partial charge on any atom is 0.508 e. The summed E-state index contributed by atoms with van der Waals surface area (Å²) >= 11 is 0. The highest BCUT2D eigenvalue weighted by Crippen LogP contribution is 2.04. The van der Waals surface area contributed by atoms with Crippen LogP contribution in [-0.4, -0.2) is 18.9 Å². The Morgan fingerprint density at radius 1 is 1.38 bits per heavy atom. The van der Waals surface area contributed by atoms with E-state index in [2.05, 4.69) is 4.74 Å². The number of benzene rings is 1. The van der Waals surface area contributed by atoms with Crippen molar-refractivity contribution in [1.29, 1.82) is 0 Å². The van der Waals surface area contributed by atoms with E-state index >= 15 is 0 Å². The summed E-state index contributed by atoms with van der Waals surface area (Å²) in [7, 11) is 0. The Morgan fingerprint density at radius 2 is 2.06 bits per heavy atom. The minimum atomic E-state index is -0.632. The molecule has 0 heterocycles. The van der Waals surface area contributed by atoms with E-state index in [4.69, 9.17) is 4.74 Å². The van der Waals surface area contributed by atoms with Gasteiger partial charge in [0, 0.05) is 0 Å². The van der Waals surface area contributed by atoms with Gasteiger partial charge in [-0.25, -0.2) is 4.79 Å². The van der Waals surface area contributed by atoms with E-state index < -0.39 is 6.16 Å². The molecule has 1 atom stereocenters. The standard InChI is InChI=1S/C13H16O3/c1-3-15-13(14)16-11(2)9-10-12-7-5-4-6-8-12/h4-11H,3H2,1-2H3/b10-9+/t11-/m1/s1. The monoisotopic (exact) mass is 220 g/mol. The first-order valence-electron chi connectivity index (χ1n) is 5.29. The lowest BCUT2D eigenvalue weighted by molar-refractivity contribution is 0.0456. The van der Waals surface area contributed by atoms with Crippen molar-refractivity contribution in [3.8, 4) is 0 Å². The van der Waals surface area contributed by atoms with E-state index in [1.54, 1.807) is 13.8 Å². The van der Waals surface area contributed by atoms with Crippen molar-refractivity contribution in [3.05, 3.63) is 42.0 Å². The van der Waals surface area contributed by atoms with Crippen LogP contribution in [0.1, 0.15) is 19.4 Å². The number of rotatable bonds is 4. The predicted molar refractivity (Wildman–Crippen MR) is 63.0 cm³/mol. The largest absolute Gasteiger partial charge is 0.508 e. The second-order valence-electron chi connectivity index (χ2n) is 3.28. The Labute approximate surface area is 95.7 Å². The number of carbonyl (C=O) groups excluding carboxylic acids is 1. The van der Waals surface area contributed by atoms with Crippen LogP contribution < -0.4 is 0 Å². The first-order chi connectivity index (χ1) is 7.72. The van der Waals surface area contributed by atoms with Crippen LogP contribution in [0.4, 0.5) is 4.79 Å². The van der Waals surface area contributed by atoms with Crippen LogP contribution in [-0.2, 0) is 9.47 Å². The molecular weight excluding hydrogens is 204 g/mol. The SMILES string of the molecule is CCOC(=O)O[C@H](C)/C=C/c1ccccc1. The topological polar surface area (TPSA) is 35.5 Å². The minimum Gasteiger partial charge on any atom is -0.435 e. The van der Waals surface area contributed by atoms with Crippen molar-refractivity contribution in [1.82, 2.24) is 0 Å². The van der Waals surface area contributed by atoms with E-state index in [1.807, 2.05) is 42.5 Å². The van der Waals surface area contributed by atoms with Gasteiger partial charge in [0.2, 0.25) is 0 Å². The van der Waals surface area contributed by atoms with Crippen LogP contribution in [0, 0.1) is 0 Å². The van der Waals surface area contributed by atoms with Gasteiger partial charge in [-0.2, -0.15) is 0 Å². The molecule has 86 valence electrons. The summed E-state index contributed by atoms with van der Waals surface area (Å²) in [6.07, 6.45) is 2.79. The molecule has 0 amide bonds. The van der Waals surface area contributed by atoms with Crippen molar-refractivity contribution in [2.24, 2.45) is 0 Å². The number of hydrogen-bond acceptors (Lipinski definition) is 3. The van der Waals surface area contributed by atoms with Crippen molar-refractivity contribution in [3.63, 3.8) is 0 Å². The van der Waals surface area contributed by atoms with E-state index in [-0.39, 0.29) is 6.10 Å². The zero-order valence-corrected chi connectivity index (χ0v) is 9.55. The van der Waals surface area contributed by atoms with Gasteiger partial charge >= 0.3 is 6.16 Å². The van der Waals surface area contributed by atoms with Gasteiger partial charge in [0.1, 0.15) is 6.10 Å². The molecule has 0 aliphatic rings. The maximum atomic E-state index is 11.0. The summed E-state index contributed by atoms with van der Waals surface area (Å²) in [5, 5.41) is 0. The highest BCUT2D eigenvalue weighted by molar-refractivity contribution is 5.60. The third kappa shape index (κ3) is 4.64. The zero-order chi connectivity index (χ0) is 11.8. The molecule has 0 aliphatic carbocycles. The van der Waals surface area contributed by atoms with Gasteiger partial charge in [0.05, 0.1) is 6.61 Å². The van der Waals surface area contributed by atoms with Gasteiger partial charge in [0.25, 0.3) is 0 Å². The molecule has 0 saturated heterocycles. The third-order valence-corrected chi connectivity index (χ3v) is 1.90. The van der Waals surface area contributed by atoms with E-state index in [0.29, 0.717) is 6.61 Å². The number of carbonyl (C=O) groups is 1. The van der Waals surface area contributed by atoms with E-state index in [9.17, 15) is 4.79 Å². The molecular formula is C13H16O3. The fourth-order valence-corrected chi connectivity index (χ4v) is 1.15. The smallest absolute Gasteiger partial charge is 0.435 e. The molecule has 0 unspecified atom stereocenters. The van der Waals surface area contributed by atoms with Gasteiger partial charge in [-0.3, -0.25) is 0 Å². The Kier molecular flexibility index (Phi) is 5.12. The maximum absolute atomic E-state index is 11.0. The van der Waals surface area contributed by atoms with Gasteiger partial charge in [-0.15, -0.1) is 0 Å². The Hall–Kier alpha value is -1.77. The van der Waals surface area contributed by atoms with Crippen LogP contribution in [0.3, 0.4) is 0 Å². The number of ether oxygens (including phenoxy) is 2. The Bertz CT molecular complexity index is 343. The third-order valence-electron chi connectivity index (χ3n) is 1.90. The van der Waals surface area contributed by atoms with Crippen LogP contribution in [0.2, 0.25) is 0 Å². The van der Waals surface area contributed by atoms with Crippen LogP contribution in [0.15, 0.2) is 36.4 Å². The first-order valence-corrected chi connectivity index (χ1v) is 5.29. The summed E-state index contributed by atoms with van der Waals surface area (Å²) in [6, 6.07) is 9.82. The summed E-state index contributed by atoms with van der Waals surface area (Å²) in [4.78, 5) is 11.0. The Morgan fingerprint density at radius 3 is 2.69 bits per heavy atom. The molecule has 0 fully saturated rings. The zero-order valence-electron chi connectivity index (χ0n) is 9.55. The molecule has 16 heavy (non-hydrogen) atoms. The van der Waals surface area contributed by atoms with Crippen molar-refractivity contribution in [2.45, 2.75) is 20.0 Å². The van der Waals surface area contributed by atoms with E-state index in [1.165, 1.54) is 0 Å². The lowest BCUT2D eigenvalue weighted by Gasteiger charge is -2.08. The highest BCUT2D eigenvalue weighted by atomic mass is 16.7. The second-order valence-corrected chi connectivity index (χ2v) is 3.28. The average molecular weight is 220 g/mol. The molecule has 0 radical (unpaired) electrons. The second kappa shape index (κ2) is 6.67. The normalized spacial score (nSPS) is 12.4. The molecule has 0 bridgehead atoms. The van der Waals surface area contributed by atoms with Gasteiger partial charge in [-0.1, -0.05) is 36.4 Å². The fourth-order valence-electron chi connectivity index (χ4n) is 1.15. The average Bonchev–Trinajstić information content (AvgIpc) is 2.28. The van der Waals surface area contributed by atoms with E-state index in [0.717, 1.165) is 5.56 Å². The molecule has 3 heteroatoms. The molecule has 0 aliphatic heterocycles. The van der Waals surface area contributed by atoms with Crippen LogP contribution >= 0.6 is 0 Å². The molecule has 1 aromatic carbocycles. The van der Waals surface area contributed by atoms with Gasteiger partial charge in [-0.05, 0) is 25.5 Å². The Balaban J connectivity index is 2.42. The first kappa shape index (κ1) is 12.3. The summed E-state index contributed by atoms with van der Waals surface area (Å²) in [6.45, 7) is 3.86. The number of hydrogen-bond donors (Lipinski definition) is 0. The van der Waals surface area contributed by atoms with Crippen molar-refractivity contribution in [2.75, 3.05) is 6.61 Å². The van der Waals surface area contributed by atoms with Crippen molar-refractivity contribution >= 4 is 12.2 Å². The van der Waals surface area contributed by atoms with Crippen molar-refractivity contribution < 1.29 is 14.3 Å². The van der Waals surface area contributed by atoms with Crippen LogP contribution in [0.5, 0.6) is 0 Å². The van der Waals surface area contributed by atoms with Gasteiger partial charge in [0.15, 0.2) is 0 Å². The van der Waals surface area contributed by atoms with Crippen LogP contribution in [0.25, 0.3) is 6.08 Å². The summed E-state index contributed by atoms with van der Waals surface area (Å²) in [5.74, 6) is 0. The molecule has 0 spiro atoms. The van der Waals surface area contributed by atoms with Gasteiger partial charge < -0.3 is 9.47 Å². The lowest BCUT2D eigenvalue weighted by atomic mass is 10.2. The quantitative estimate of drug-likeness (QED) is 0.730. The molecule has 1 rings (SSSR count). The molecule has 3 nitrogen and oxygen atoms in total. The molecule has 0 N–H and O–H groups in total. The minimum absolute atomic E-state index is 0.292. The molecule has 1 aromatic rings.